The summed E-state index contributed by atoms with van der Waals surface area (Å²) in [6, 6.07) is 0. The van der Waals surface area contributed by atoms with Crippen LogP contribution in [0.3, 0.4) is 0 Å². The molecule has 0 aromatic heterocycles. The smallest absolute Gasteiger partial charge is 0.306 e. The third-order valence-corrected chi connectivity index (χ3v) is 13.5. The number of carbonyl (C=O) groups is 3. The van der Waals surface area contributed by atoms with Crippen molar-refractivity contribution in [2.24, 2.45) is 17.8 Å². The van der Waals surface area contributed by atoms with Gasteiger partial charge in [-0.15, -0.1) is 0 Å². The molecule has 0 heterocycles. The summed E-state index contributed by atoms with van der Waals surface area (Å²) in [4.78, 5) is 38.1. The van der Waals surface area contributed by atoms with Crippen molar-refractivity contribution in [3.05, 3.63) is 0 Å². The Morgan fingerprint density at radius 1 is 0.312 bits per heavy atom. The number of ether oxygens (including phenoxy) is 3. The van der Waals surface area contributed by atoms with E-state index in [0.717, 1.165) is 75.5 Å². The predicted molar refractivity (Wildman–Crippen MR) is 275 cm³/mol. The molecule has 1 unspecified atom stereocenters. The van der Waals surface area contributed by atoms with Gasteiger partial charge in [-0.3, -0.25) is 14.4 Å². The minimum absolute atomic E-state index is 0.0637. The van der Waals surface area contributed by atoms with Gasteiger partial charge in [0.05, 0.1) is 0 Å². The van der Waals surface area contributed by atoms with E-state index in [1.165, 1.54) is 199 Å². The van der Waals surface area contributed by atoms with E-state index in [9.17, 15) is 14.4 Å². The minimum Gasteiger partial charge on any atom is -0.462 e. The zero-order valence-corrected chi connectivity index (χ0v) is 44.1. The third-order valence-electron chi connectivity index (χ3n) is 13.5. The maximum absolute atomic E-state index is 12.8. The highest BCUT2D eigenvalue weighted by molar-refractivity contribution is 5.71. The molecule has 6 nitrogen and oxygen atoms in total. The van der Waals surface area contributed by atoms with E-state index in [4.69, 9.17) is 14.2 Å². The Labute approximate surface area is 399 Å². The second-order valence-corrected chi connectivity index (χ2v) is 21.1. The summed E-state index contributed by atoms with van der Waals surface area (Å²) >= 11 is 0. The Hall–Kier alpha value is -1.59. The standard InChI is InChI=1S/C58H112O6/c1-7-54(6)46-40-34-28-22-16-10-8-9-11-17-23-29-35-41-47-56(59)62-50-55(64-58(61)49-43-37-31-25-19-13-15-21-27-33-39-45-53(4)5)51-63-57(60)48-42-36-30-24-18-12-14-20-26-32-38-44-52(2)3/h52-55H,7-51H2,1-6H3/t54?,55-/m1/s1. The average Bonchev–Trinajstić information content (AvgIpc) is 3.27. The van der Waals surface area contributed by atoms with Gasteiger partial charge in [0, 0.05) is 19.3 Å². The van der Waals surface area contributed by atoms with Gasteiger partial charge in [0.1, 0.15) is 13.2 Å². The average molecular weight is 906 g/mol. The van der Waals surface area contributed by atoms with Crippen LogP contribution in [0.15, 0.2) is 0 Å². The Balaban J connectivity index is 4.30. The molecule has 0 aromatic carbocycles. The quantitative estimate of drug-likeness (QED) is 0.0344. The van der Waals surface area contributed by atoms with Crippen molar-refractivity contribution in [3.8, 4) is 0 Å². The van der Waals surface area contributed by atoms with Crippen LogP contribution < -0.4 is 0 Å². The number of rotatable bonds is 51. The predicted octanol–water partition coefficient (Wildman–Crippen LogP) is 18.7. The molecule has 0 N–H and O–H groups in total. The lowest BCUT2D eigenvalue weighted by molar-refractivity contribution is -0.167. The van der Waals surface area contributed by atoms with Crippen molar-refractivity contribution in [2.75, 3.05) is 13.2 Å². The van der Waals surface area contributed by atoms with Gasteiger partial charge < -0.3 is 14.2 Å². The molecule has 0 spiro atoms. The lowest BCUT2D eigenvalue weighted by atomic mass is 9.99. The molecule has 0 aromatic rings. The van der Waals surface area contributed by atoms with Crippen LogP contribution in [-0.4, -0.2) is 37.2 Å². The molecule has 0 saturated carbocycles. The van der Waals surface area contributed by atoms with E-state index in [1.54, 1.807) is 0 Å². The van der Waals surface area contributed by atoms with Crippen LogP contribution in [0.4, 0.5) is 0 Å². The van der Waals surface area contributed by atoms with E-state index < -0.39 is 6.10 Å². The van der Waals surface area contributed by atoms with Gasteiger partial charge >= 0.3 is 17.9 Å². The molecular weight excluding hydrogens is 793 g/mol. The van der Waals surface area contributed by atoms with E-state index in [2.05, 4.69) is 41.5 Å². The van der Waals surface area contributed by atoms with Crippen LogP contribution in [0.25, 0.3) is 0 Å². The zero-order valence-electron chi connectivity index (χ0n) is 44.1. The van der Waals surface area contributed by atoms with E-state index >= 15 is 0 Å². The van der Waals surface area contributed by atoms with Crippen LogP contribution in [0.1, 0.15) is 318 Å². The van der Waals surface area contributed by atoms with Crippen molar-refractivity contribution >= 4 is 17.9 Å². The lowest BCUT2D eigenvalue weighted by Crippen LogP contribution is -2.30. The molecule has 0 rings (SSSR count). The highest BCUT2D eigenvalue weighted by atomic mass is 16.6. The molecule has 0 aliphatic carbocycles. The Morgan fingerprint density at radius 2 is 0.547 bits per heavy atom. The first-order chi connectivity index (χ1) is 31.1. The van der Waals surface area contributed by atoms with E-state index in [0.29, 0.717) is 19.3 Å². The summed E-state index contributed by atoms with van der Waals surface area (Å²) in [5, 5.41) is 0. The van der Waals surface area contributed by atoms with Crippen molar-refractivity contribution in [3.63, 3.8) is 0 Å². The highest BCUT2D eigenvalue weighted by Crippen LogP contribution is 2.19. The first kappa shape index (κ1) is 62.4. The maximum Gasteiger partial charge on any atom is 0.306 e. The van der Waals surface area contributed by atoms with Crippen LogP contribution in [0.5, 0.6) is 0 Å². The molecule has 0 amide bonds. The summed E-state index contributed by atoms with van der Waals surface area (Å²) in [6.07, 6.45) is 50.8. The van der Waals surface area contributed by atoms with Gasteiger partial charge in [-0.2, -0.15) is 0 Å². The molecule has 0 radical (unpaired) electrons. The van der Waals surface area contributed by atoms with Crippen molar-refractivity contribution in [1.82, 2.24) is 0 Å². The number of hydrogen-bond acceptors (Lipinski definition) is 6. The number of unbranched alkanes of at least 4 members (excludes halogenated alkanes) is 33. The molecule has 0 aliphatic heterocycles. The monoisotopic (exact) mass is 905 g/mol. The SMILES string of the molecule is CCC(C)CCCCCCCCCCCCCCCCC(=O)OC[C@H](COC(=O)CCCCCCCCCCCCCC(C)C)OC(=O)CCCCCCCCCCCCCC(C)C. The van der Waals surface area contributed by atoms with E-state index in [-0.39, 0.29) is 31.1 Å². The number of esters is 3. The van der Waals surface area contributed by atoms with Gasteiger partial charge in [-0.25, -0.2) is 0 Å². The van der Waals surface area contributed by atoms with Gasteiger partial charge in [0.15, 0.2) is 6.10 Å². The minimum atomic E-state index is -0.763. The van der Waals surface area contributed by atoms with Crippen LogP contribution in [0.2, 0.25) is 0 Å². The molecule has 380 valence electrons. The first-order valence-corrected chi connectivity index (χ1v) is 28.6. The molecular formula is C58H112O6. The lowest BCUT2D eigenvalue weighted by Gasteiger charge is -2.18. The number of carbonyl (C=O) groups excluding carboxylic acids is 3. The van der Waals surface area contributed by atoms with Crippen molar-refractivity contribution < 1.29 is 28.6 Å². The van der Waals surface area contributed by atoms with Crippen LogP contribution in [0, 0.1) is 17.8 Å². The van der Waals surface area contributed by atoms with Crippen LogP contribution in [-0.2, 0) is 28.6 Å². The molecule has 64 heavy (non-hydrogen) atoms. The van der Waals surface area contributed by atoms with E-state index in [1.807, 2.05) is 0 Å². The summed E-state index contributed by atoms with van der Waals surface area (Å²) in [7, 11) is 0. The number of hydrogen-bond donors (Lipinski definition) is 0. The fraction of sp³-hybridized carbons (Fsp3) is 0.948. The molecule has 6 heteroatoms. The second kappa shape index (κ2) is 49.3. The molecule has 2 atom stereocenters. The highest BCUT2D eigenvalue weighted by Gasteiger charge is 2.19. The fourth-order valence-corrected chi connectivity index (χ4v) is 8.79. The largest absolute Gasteiger partial charge is 0.462 e. The first-order valence-electron chi connectivity index (χ1n) is 28.6. The Kier molecular flexibility index (Phi) is 48.1. The zero-order chi connectivity index (χ0) is 47.0. The van der Waals surface area contributed by atoms with Crippen LogP contribution >= 0.6 is 0 Å². The van der Waals surface area contributed by atoms with Crippen molar-refractivity contribution in [1.29, 1.82) is 0 Å². The second-order valence-electron chi connectivity index (χ2n) is 21.1. The Morgan fingerprint density at radius 3 is 0.812 bits per heavy atom. The van der Waals surface area contributed by atoms with Gasteiger partial charge in [-0.1, -0.05) is 279 Å². The summed E-state index contributed by atoms with van der Waals surface area (Å²) in [6.45, 7) is 13.8. The summed E-state index contributed by atoms with van der Waals surface area (Å²) in [5.41, 5.74) is 0. The topological polar surface area (TPSA) is 78.9 Å². The van der Waals surface area contributed by atoms with Gasteiger partial charge in [0.25, 0.3) is 0 Å². The molecule has 0 saturated heterocycles. The molecule has 0 aliphatic rings. The van der Waals surface area contributed by atoms with Gasteiger partial charge in [-0.05, 0) is 37.0 Å². The normalized spacial score (nSPS) is 12.6. The Bertz CT molecular complexity index is 993. The fourth-order valence-electron chi connectivity index (χ4n) is 8.79. The summed E-state index contributed by atoms with van der Waals surface area (Å²) < 4.78 is 16.9. The maximum atomic E-state index is 12.8. The third kappa shape index (κ3) is 49.8. The molecule has 0 bridgehead atoms. The summed E-state index contributed by atoms with van der Waals surface area (Å²) in [5.74, 6) is 1.70. The van der Waals surface area contributed by atoms with Gasteiger partial charge in [0.2, 0.25) is 0 Å². The van der Waals surface area contributed by atoms with Crippen molar-refractivity contribution in [2.45, 2.75) is 324 Å². The molecule has 0 fully saturated rings.